The molecule has 0 amide bonds. The van der Waals surface area contributed by atoms with Crippen molar-refractivity contribution in [2.24, 2.45) is 11.8 Å². The number of hydrogen-bond acceptors (Lipinski definition) is 1. The largest absolute Gasteiger partial charge is 0.371 e. The fourth-order valence-electron chi connectivity index (χ4n) is 4.46. The molecule has 3 aliphatic carbocycles. The van der Waals surface area contributed by atoms with E-state index in [2.05, 4.69) is 26.0 Å². The molecule has 0 aromatic carbocycles. The van der Waals surface area contributed by atoms with Gasteiger partial charge in [-0.2, -0.15) is 0 Å². The van der Waals surface area contributed by atoms with E-state index < -0.39 is 0 Å². The summed E-state index contributed by atoms with van der Waals surface area (Å²) in [5.41, 5.74) is 3.23. The van der Waals surface area contributed by atoms with Gasteiger partial charge in [-0.15, -0.1) is 0 Å². The number of hydrogen-bond donors (Lipinski definition) is 0. The minimum Gasteiger partial charge on any atom is -0.371 e. The molecule has 1 heteroatoms. The predicted molar refractivity (Wildman–Crippen MR) is 84.7 cm³/mol. The van der Waals surface area contributed by atoms with E-state index in [1.807, 2.05) is 0 Å². The van der Waals surface area contributed by atoms with Gasteiger partial charge in [-0.05, 0) is 56.4 Å². The van der Waals surface area contributed by atoms with Gasteiger partial charge < -0.3 is 4.74 Å². The van der Waals surface area contributed by atoms with Crippen LogP contribution in [0.25, 0.3) is 0 Å². The molecule has 0 radical (unpaired) electrons. The average molecular weight is 274 g/mol. The first-order valence-electron chi connectivity index (χ1n) is 8.79. The zero-order valence-corrected chi connectivity index (χ0v) is 13.2. The molecule has 0 aliphatic heterocycles. The summed E-state index contributed by atoms with van der Waals surface area (Å²) in [5, 5.41) is 0. The van der Waals surface area contributed by atoms with Crippen LogP contribution in [0.4, 0.5) is 0 Å². The van der Waals surface area contributed by atoms with Gasteiger partial charge in [0.25, 0.3) is 0 Å². The Morgan fingerprint density at radius 1 is 1.20 bits per heavy atom. The van der Waals surface area contributed by atoms with Crippen LogP contribution in [0.15, 0.2) is 23.3 Å². The molecule has 0 saturated heterocycles. The molecule has 20 heavy (non-hydrogen) atoms. The highest BCUT2D eigenvalue weighted by Crippen LogP contribution is 2.38. The van der Waals surface area contributed by atoms with Gasteiger partial charge in [0.1, 0.15) is 0 Å². The lowest BCUT2D eigenvalue weighted by Gasteiger charge is -2.34. The maximum absolute atomic E-state index is 6.46. The van der Waals surface area contributed by atoms with E-state index in [-0.39, 0.29) is 0 Å². The van der Waals surface area contributed by atoms with Gasteiger partial charge in [0, 0.05) is 0 Å². The summed E-state index contributed by atoms with van der Waals surface area (Å²) >= 11 is 0. The number of ether oxygens (including phenoxy) is 1. The maximum Gasteiger partial charge on any atom is 0.0828 e. The summed E-state index contributed by atoms with van der Waals surface area (Å²) < 4.78 is 6.46. The molecule has 1 saturated carbocycles. The van der Waals surface area contributed by atoms with Gasteiger partial charge in [0.2, 0.25) is 0 Å². The Kier molecular flexibility index (Phi) is 4.65. The van der Waals surface area contributed by atoms with Crippen molar-refractivity contribution < 1.29 is 4.74 Å². The standard InChI is InChI=1S/C19H30O/c1-14-7-5-11-18-17(14)10-6-12-19(18)20-15(2)13-16-8-3-4-9-16/h5,11,14-16,19H,3-4,6-10,12-13H2,1-2H3. The van der Waals surface area contributed by atoms with E-state index in [1.165, 1.54) is 63.4 Å². The second-order valence-electron chi connectivity index (χ2n) is 7.23. The Bertz CT molecular complexity index is 387. The quantitative estimate of drug-likeness (QED) is 0.665. The lowest BCUT2D eigenvalue weighted by atomic mass is 9.78. The molecule has 0 aromatic rings. The van der Waals surface area contributed by atoms with E-state index >= 15 is 0 Å². The van der Waals surface area contributed by atoms with Crippen LogP contribution in [0.3, 0.4) is 0 Å². The van der Waals surface area contributed by atoms with Crippen molar-refractivity contribution in [3.8, 4) is 0 Å². The van der Waals surface area contributed by atoms with Gasteiger partial charge in [0.15, 0.2) is 0 Å². The Balaban J connectivity index is 1.61. The highest BCUT2D eigenvalue weighted by Gasteiger charge is 2.28. The van der Waals surface area contributed by atoms with Crippen molar-refractivity contribution in [2.75, 3.05) is 0 Å². The van der Waals surface area contributed by atoms with Crippen LogP contribution in [-0.2, 0) is 4.74 Å². The van der Waals surface area contributed by atoms with Gasteiger partial charge in [-0.3, -0.25) is 0 Å². The molecule has 3 rings (SSSR count). The van der Waals surface area contributed by atoms with Gasteiger partial charge in [-0.25, -0.2) is 0 Å². The van der Waals surface area contributed by atoms with E-state index in [0.717, 1.165) is 11.8 Å². The summed E-state index contributed by atoms with van der Waals surface area (Å²) in [4.78, 5) is 0. The SMILES string of the molecule is CC(CC1CCCC1)OC1CCCC2=C1C=CCC2C. The highest BCUT2D eigenvalue weighted by atomic mass is 16.5. The molecule has 0 N–H and O–H groups in total. The van der Waals surface area contributed by atoms with Crippen LogP contribution in [0.5, 0.6) is 0 Å². The average Bonchev–Trinajstić information content (AvgIpc) is 2.93. The van der Waals surface area contributed by atoms with Crippen LogP contribution in [0, 0.1) is 11.8 Å². The highest BCUT2D eigenvalue weighted by molar-refractivity contribution is 5.36. The Hall–Kier alpha value is -0.560. The molecule has 1 nitrogen and oxygen atoms in total. The third-order valence-electron chi connectivity index (χ3n) is 5.55. The minimum atomic E-state index is 0.383. The predicted octanol–water partition coefficient (Wildman–Crippen LogP) is 5.42. The van der Waals surface area contributed by atoms with Gasteiger partial charge in [-0.1, -0.05) is 50.3 Å². The summed E-state index contributed by atoms with van der Waals surface area (Å²) in [6.45, 7) is 4.67. The Labute approximate surface area is 124 Å². The fraction of sp³-hybridized carbons (Fsp3) is 0.789. The lowest BCUT2D eigenvalue weighted by Crippen LogP contribution is -2.28. The van der Waals surface area contributed by atoms with Crippen molar-refractivity contribution >= 4 is 0 Å². The molecular formula is C19H30O. The number of allylic oxidation sites excluding steroid dienone is 2. The summed E-state index contributed by atoms with van der Waals surface area (Å²) in [5.74, 6) is 1.68. The van der Waals surface area contributed by atoms with Crippen LogP contribution in [0.2, 0.25) is 0 Å². The van der Waals surface area contributed by atoms with Crippen molar-refractivity contribution in [1.82, 2.24) is 0 Å². The first-order valence-corrected chi connectivity index (χ1v) is 8.79. The second kappa shape index (κ2) is 6.47. The molecule has 0 bridgehead atoms. The summed E-state index contributed by atoms with van der Waals surface area (Å²) in [6, 6.07) is 0. The molecule has 0 aromatic heterocycles. The van der Waals surface area contributed by atoms with Crippen LogP contribution < -0.4 is 0 Å². The van der Waals surface area contributed by atoms with Gasteiger partial charge in [0.05, 0.1) is 12.2 Å². The van der Waals surface area contributed by atoms with Gasteiger partial charge >= 0.3 is 0 Å². The van der Waals surface area contributed by atoms with Crippen molar-refractivity contribution in [1.29, 1.82) is 0 Å². The van der Waals surface area contributed by atoms with Crippen molar-refractivity contribution in [3.05, 3.63) is 23.3 Å². The Morgan fingerprint density at radius 2 is 2.00 bits per heavy atom. The zero-order valence-electron chi connectivity index (χ0n) is 13.2. The normalized spacial score (nSPS) is 32.5. The third-order valence-corrected chi connectivity index (χ3v) is 5.55. The van der Waals surface area contributed by atoms with E-state index in [9.17, 15) is 0 Å². The zero-order chi connectivity index (χ0) is 13.9. The molecule has 0 heterocycles. The summed E-state index contributed by atoms with van der Waals surface area (Å²) in [6.07, 6.45) is 17.6. The van der Waals surface area contributed by atoms with Crippen LogP contribution in [0.1, 0.15) is 71.6 Å². The number of rotatable bonds is 4. The van der Waals surface area contributed by atoms with Crippen molar-refractivity contribution in [3.63, 3.8) is 0 Å². The first-order chi connectivity index (χ1) is 9.74. The topological polar surface area (TPSA) is 9.23 Å². The second-order valence-corrected chi connectivity index (χ2v) is 7.23. The fourth-order valence-corrected chi connectivity index (χ4v) is 4.46. The molecule has 3 aliphatic rings. The molecule has 0 spiro atoms. The Morgan fingerprint density at radius 3 is 2.80 bits per heavy atom. The monoisotopic (exact) mass is 274 g/mol. The molecule has 112 valence electrons. The molecule has 1 fully saturated rings. The van der Waals surface area contributed by atoms with Crippen LogP contribution in [-0.4, -0.2) is 12.2 Å². The first kappa shape index (κ1) is 14.4. The van der Waals surface area contributed by atoms with Crippen molar-refractivity contribution in [2.45, 2.75) is 83.8 Å². The maximum atomic E-state index is 6.46. The minimum absolute atomic E-state index is 0.383. The summed E-state index contributed by atoms with van der Waals surface area (Å²) in [7, 11) is 0. The smallest absolute Gasteiger partial charge is 0.0828 e. The van der Waals surface area contributed by atoms with E-state index in [4.69, 9.17) is 4.74 Å². The van der Waals surface area contributed by atoms with E-state index in [1.54, 1.807) is 5.57 Å². The third kappa shape index (κ3) is 3.19. The molecule has 3 unspecified atom stereocenters. The van der Waals surface area contributed by atoms with E-state index in [0.29, 0.717) is 12.2 Å². The lowest BCUT2D eigenvalue weighted by molar-refractivity contribution is -0.00151. The molecule has 3 atom stereocenters. The van der Waals surface area contributed by atoms with Crippen LogP contribution >= 0.6 is 0 Å². The molecular weight excluding hydrogens is 244 g/mol.